The molecule has 0 spiro atoms. The van der Waals surface area contributed by atoms with Gasteiger partial charge in [-0.3, -0.25) is 4.68 Å². The van der Waals surface area contributed by atoms with E-state index >= 15 is 0 Å². The lowest BCUT2D eigenvalue weighted by Crippen LogP contribution is -2.31. The second-order valence-corrected chi connectivity index (χ2v) is 6.04. The molecule has 3 nitrogen and oxygen atoms in total. The zero-order valence-corrected chi connectivity index (χ0v) is 10.7. The van der Waals surface area contributed by atoms with Crippen LogP contribution in [0.5, 0.6) is 0 Å². The van der Waals surface area contributed by atoms with E-state index in [0.717, 1.165) is 6.54 Å². The Morgan fingerprint density at radius 2 is 2.00 bits per heavy atom. The van der Waals surface area contributed by atoms with E-state index in [1.54, 1.807) is 0 Å². The first-order valence-corrected chi connectivity index (χ1v) is 6.24. The summed E-state index contributed by atoms with van der Waals surface area (Å²) in [4.78, 5) is 0. The van der Waals surface area contributed by atoms with Crippen molar-refractivity contribution in [3.63, 3.8) is 0 Å². The molecular formula is C13H23N3. The quantitative estimate of drug-likeness (QED) is 0.833. The summed E-state index contributed by atoms with van der Waals surface area (Å²) in [6.45, 7) is 7.28. The smallest absolute Gasteiger partial charge is 0.0543 e. The summed E-state index contributed by atoms with van der Waals surface area (Å²) in [5.41, 5.74) is 7.59. The third-order valence-corrected chi connectivity index (χ3v) is 3.83. The molecule has 0 aromatic carbocycles. The fraction of sp³-hybridized carbons (Fsp3) is 0.769. The average molecular weight is 221 g/mol. The van der Waals surface area contributed by atoms with E-state index < -0.39 is 0 Å². The van der Waals surface area contributed by atoms with Gasteiger partial charge in [-0.2, -0.15) is 5.10 Å². The first-order chi connectivity index (χ1) is 7.48. The summed E-state index contributed by atoms with van der Waals surface area (Å²) in [7, 11) is 0. The van der Waals surface area contributed by atoms with Gasteiger partial charge >= 0.3 is 0 Å². The van der Waals surface area contributed by atoms with Gasteiger partial charge in [0.15, 0.2) is 0 Å². The number of nitrogens with two attached hydrogens (primary N) is 1. The Labute approximate surface area is 98.0 Å². The van der Waals surface area contributed by atoms with Gasteiger partial charge in [-0.05, 0) is 39.2 Å². The van der Waals surface area contributed by atoms with Crippen LogP contribution in [0.4, 0.5) is 0 Å². The van der Waals surface area contributed by atoms with Crippen molar-refractivity contribution in [2.75, 3.05) is 6.54 Å². The molecule has 1 heterocycles. The Kier molecular flexibility index (Phi) is 2.82. The van der Waals surface area contributed by atoms with Gasteiger partial charge in [0.2, 0.25) is 0 Å². The third-order valence-electron chi connectivity index (χ3n) is 3.83. The molecule has 16 heavy (non-hydrogen) atoms. The van der Waals surface area contributed by atoms with Crippen molar-refractivity contribution < 1.29 is 0 Å². The van der Waals surface area contributed by atoms with Gasteiger partial charge in [0.1, 0.15) is 0 Å². The van der Waals surface area contributed by atoms with Gasteiger partial charge in [0.25, 0.3) is 0 Å². The van der Waals surface area contributed by atoms with Crippen LogP contribution in [0.2, 0.25) is 0 Å². The van der Waals surface area contributed by atoms with Crippen LogP contribution >= 0.6 is 0 Å². The summed E-state index contributed by atoms with van der Waals surface area (Å²) in [5, 5.41) is 4.49. The van der Waals surface area contributed by atoms with Crippen molar-refractivity contribution in [3.8, 4) is 0 Å². The maximum Gasteiger partial charge on any atom is 0.0543 e. The molecule has 1 saturated carbocycles. The van der Waals surface area contributed by atoms with E-state index in [2.05, 4.69) is 36.7 Å². The minimum Gasteiger partial charge on any atom is -0.330 e. The van der Waals surface area contributed by atoms with Crippen molar-refractivity contribution in [1.82, 2.24) is 9.78 Å². The number of rotatable bonds is 2. The highest BCUT2D eigenvalue weighted by Gasteiger charge is 2.35. The Bertz CT molecular complexity index is 353. The molecular weight excluding hydrogens is 198 g/mol. The molecule has 90 valence electrons. The van der Waals surface area contributed by atoms with Crippen LogP contribution in [0, 0.1) is 0 Å². The zero-order valence-electron chi connectivity index (χ0n) is 10.7. The predicted molar refractivity (Wildman–Crippen MR) is 66.4 cm³/mol. The number of nitrogens with zero attached hydrogens (tertiary/aromatic N) is 2. The average Bonchev–Trinajstić information content (AvgIpc) is 2.86. The van der Waals surface area contributed by atoms with Crippen molar-refractivity contribution in [2.45, 2.75) is 57.4 Å². The van der Waals surface area contributed by atoms with E-state index in [1.165, 1.54) is 31.2 Å². The maximum atomic E-state index is 5.98. The molecule has 0 saturated heterocycles. The van der Waals surface area contributed by atoms with E-state index in [9.17, 15) is 0 Å². The molecule has 0 radical (unpaired) electrons. The highest BCUT2D eigenvalue weighted by molar-refractivity contribution is 5.22. The van der Waals surface area contributed by atoms with Crippen LogP contribution < -0.4 is 5.73 Å². The first kappa shape index (κ1) is 11.6. The van der Waals surface area contributed by atoms with Gasteiger partial charge in [-0.1, -0.05) is 12.8 Å². The lowest BCUT2D eigenvalue weighted by molar-refractivity contribution is 0.353. The van der Waals surface area contributed by atoms with Gasteiger partial charge in [0.05, 0.1) is 11.7 Å². The van der Waals surface area contributed by atoms with Crippen LogP contribution in [0.1, 0.15) is 52.0 Å². The van der Waals surface area contributed by atoms with Gasteiger partial charge in [-0.15, -0.1) is 0 Å². The van der Waals surface area contributed by atoms with Crippen LogP contribution in [0.3, 0.4) is 0 Å². The number of hydrogen-bond donors (Lipinski definition) is 1. The Hall–Kier alpha value is -0.830. The molecule has 0 aliphatic heterocycles. The minimum atomic E-state index is 0.0621. The number of hydrogen-bond acceptors (Lipinski definition) is 2. The molecule has 0 amide bonds. The summed E-state index contributed by atoms with van der Waals surface area (Å²) in [6, 6.07) is 0. The molecule has 0 unspecified atom stereocenters. The van der Waals surface area contributed by atoms with Crippen LogP contribution in [0.25, 0.3) is 0 Å². The lowest BCUT2D eigenvalue weighted by Gasteiger charge is -2.26. The molecule has 1 aromatic heterocycles. The molecule has 1 aliphatic carbocycles. The minimum absolute atomic E-state index is 0.0621. The van der Waals surface area contributed by atoms with E-state index in [-0.39, 0.29) is 11.0 Å². The van der Waals surface area contributed by atoms with Gasteiger partial charge < -0.3 is 5.73 Å². The Morgan fingerprint density at radius 3 is 2.44 bits per heavy atom. The van der Waals surface area contributed by atoms with Crippen molar-refractivity contribution in [2.24, 2.45) is 5.73 Å². The molecule has 3 heteroatoms. The van der Waals surface area contributed by atoms with E-state index in [4.69, 9.17) is 5.73 Å². The molecule has 0 bridgehead atoms. The van der Waals surface area contributed by atoms with Gasteiger partial charge in [-0.25, -0.2) is 0 Å². The van der Waals surface area contributed by atoms with Crippen LogP contribution in [0.15, 0.2) is 12.4 Å². The van der Waals surface area contributed by atoms with E-state index in [1.807, 2.05) is 6.20 Å². The fourth-order valence-corrected chi connectivity index (χ4v) is 2.63. The summed E-state index contributed by atoms with van der Waals surface area (Å²) in [6.07, 6.45) is 9.26. The standard InChI is InChI=1S/C13H23N3/c1-12(2,3)16-9-11(8-15-16)13(10-14)6-4-5-7-13/h8-9H,4-7,10,14H2,1-3H3. The third kappa shape index (κ3) is 1.88. The summed E-state index contributed by atoms with van der Waals surface area (Å²) in [5.74, 6) is 0. The second kappa shape index (κ2) is 3.88. The SMILES string of the molecule is CC(C)(C)n1cc(C2(CN)CCCC2)cn1. The topological polar surface area (TPSA) is 43.8 Å². The largest absolute Gasteiger partial charge is 0.330 e. The van der Waals surface area contributed by atoms with Crippen molar-refractivity contribution >= 4 is 0 Å². The highest BCUT2D eigenvalue weighted by Crippen LogP contribution is 2.40. The second-order valence-electron chi connectivity index (χ2n) is 6.04. The highest BCUT2D eigenvalue weighted by atomic mass is 15.3. The fourth-order valence-electron chi connectivity index (χ4n) is 2.63. The molecule has 1 fully saturated rings. The lowest BCUT2D eigenvalue weighted by atomic mass is 9.81. The number of aromatic nitrogens is 2. The summed E-state index contributed by atoms with van der Waals surface area (Å²) >= 11 is 0. The summed E-state index contributed by atoms with van der Waals surface area (Å²) < 4.78 is 2.05. The van der Waals surface area contributed by atoms with Crippen molar-refractivity contribution in [1.29, 1.82) is 0 Å². The maximum absolute atomic E-state index is 5.98. The predicted octanol–water partition coefficient (Wildman–Crippen LogP) is 2.41. The van der Waals surface area contributed by atoms with Crippen LogP contribution in [-0.2, 0) is 11.0 Å². The molecule has 0 atom stereocenters. The van der Waals surface area contributed by atoms with Gasteiger partial charge in [0, 0.05) is 18.2 Å². The van der Waals surface area contributed by atoms with E-state index in [0.29, 0.717) is 0 Å². The normalized spacial score (nSPS) is 20.2. The Morgan fingerprint density at radius 1 is 1.38 bits per heavy atom. The molecule has 2 rings (SSSR count). The zero-order chi connectivity index (χ0) is 11.8. The molecule has 1 aliphatic rings. The van der Waals surface area contributed by atoms with Crippen LogP contribution in [-0.4, -0.2) is 16.3 Å². The monoisotopic (exact) mass is 221 g/mol. The first-order valence-electron chi connectivity index (χ1n) is 6.24. The van der Waals surface area contributed by atoms with Crippen molar-refractivity contribution in [3.05, 3.63) is 18.0 Å². The molecule has 1 aromatic rings. The molecule has 2 N–H and O–H groups in total. The Balaban J connectivity index is 2.30.